The third-order valence-corrected chi connectivity index (χ3v) is 5.73. The van der Waals surface area contributed by atoms with Gasteiger partial charge in [-0.15, -0.1) is 0 Å². The average molecular weight is 376 g/mol. The van der Waals surface area contributed by atoms with Gasteiger partial charge >= 0.3 is 0 Å². The molecule has 7 heteroatoms. The molecule has 1 aliphatic heterocycles. The lowest BCUT2D eigenvalue weighted by molar-refractivity contribution is 0.0342. The van der Waals surface area contributed by atoms with Gasteiger partial charge in [0.05, 0.1) is 20.3 Å². The summed E-state index contributed by atoms with van der Waals surface area (Å²) in [4.78, 5) is 2.46. The van der Waals surface area contributed by atoms with E-state index in [-0.39, 0.29) is 4.90 Å². The molecule has 0 radical (unpaired) electrons. The van der Waals surface area contributed by atoms with E-state index in [1.165, 1.54) is 7.11 Å². The van der Waals surface area contributed by atoms with E-state index in [0.717, 1.165) is 44.0 Å². The average Bonchev–Trinajstić information content (AvgIpc) is 2.64. The van der Waals surface area contributed by atoms with Crippen molar-refractivity contribution in [3.05, 3.63) is 53.6 Å². The Balaban J connectivity index is 1.73. The maximum atomic E-state index is 12.7. The van der Waals surface area contributed by atoms with Gasteiger partial charge in [0.1, 0.15) is 10.6 Å². The SMILES string of the molecule is COc1ccc(C)cc1S(=O)(=O)Nc1ccc(CN2CCOCC2)cc1. The van der Waals surface area contributed by atoms with Crippen molar-refractivity contribution in [3.8, 4) is 5.75 Å². The summed E-state index contributed by atoms with van der Waals surface area (Å²) in [6, 6.07) is 12.5. The lowest BCUT2D eigenvalue weighted by Crippen LogP contribution is -2.35. The van der Waals surface area contributed by atoms with Gasteiger partial charge in [-0.1, -0.05) is 18.2 Å². The minimum Gasteiger partial charge on any atom is -0.495 e. The summed E-state index contributed by atoms with van der Waals surface area (Å²) in [5.74, 6) is 0.326. The molecule has 0 saturated carbocycles. The second kappa shape index (κ2) is 8.07. The zero-order chi connectivity index (χ0) is 18.6. The first-order chi connectivity index (χ1) is 12.5. The van der Waals surface area contributed by atoms with Crippen LogP contribution in [0.3, 0.4) is 0 Å². The molecule has 1 N–H and O–H groups in total. The number of benzene rings is 2. The largest absolute Gasteiger partial charge is 0.495 e. The monoisotopic (exact) mass is 376 g/mol. The van der Waals surface area contributed by atoms with Gasteiger partial charge in [-0.05, 0) is 42.3 Å². The quantitative estimate of drug-likeness (QED) is 0.839. The molecule has 1 saturated heterocycles. The molecule has 3 rings (SSSR count). The van der Waals surface area contributed by atoms with Crippen molar-refractivity contribution in [2.24, 2.45) is 0 Å². The van der Waals surface area contributed by atoms with Crippen LogP contribution < -0.4 is 9.46 Å². The summed E-state index contributed by atoms with van der Waals surface area (Å²) < 4.78 is 38.6. The lowest BCUT2D eigenvalue weighted by atomic mass is 10.2. The molecule has 140 valence electrons. The Labute approximate surface area is 154 Å². The predicted molar refractivity (Wildman–Crippen MR) is 101 cm³/mol. The van der Waals surface area contributed by atoms with Gasteiger partial charge in [-0.25, -0.2) is 8.42 Å². The minimum absolute atomic E-state index is 0.136. The molecule has 6 nitrogen and oxygen atoms in total. The number of hydrogen-bond donors (Lipinski definition) is 1. The molecule has 0 aromatic heterocycles. The zero-order valence-electron chi connectivity index (χ0n) is 15.1. The Kier molecular flexibility index (Phi) is 5.80. The van der Waals surface area contributed by atoms with Gasteiger partial charge in [0.15, 0.2) is 0 Å². The van der Waals surface area contributed by atoms with E-state index >= 15 is 0 Å². The maximum Gasteiger partial charge on any atom is 0.265 e. The Morgan fingerprint density at radius 2 is 1.81 bits per heavy atom. The molecular formula is C19H24N2O4S. The summed E-state index contributed by atoms with van der Waals surface area (Å²) in [6.07, 6.45) is 0. The first-order valence-corrected chi connectivity index (χ1v) is 10.0. The molecule has 0 aliphatic carbocycles. The highest BCUT2D eigenvalue weighted by Gasteiger charge is 2.20. The van der Waals surface area contributed by atoms with E-state index in [0.29, 0.717) is 11.4 Å². The number of sulfonamides is 1. The molecule has 1 aliphatic rings. The molecule has 26 heavy (non-hydrogen) atoms. The Morgan fingerprint density at radius 1 is 1.12 bits per heavy atom. The second-order valence-corrected chi connectivity index (χ2v) is 8.00. The van der Waals surface area contributed by atoms with Crippen LogP contribution in [0.25, 0.3) is 0 Å². The summed E-state index contributed by atoms with van der Waals surface area (Å²) in [6.45, 7) is 6.04. The highest BCUT2D eigenvalue weighted by atomic mass is 32.2. The summed E-state index contributed by atoms with van der Waals surface area (Å²) in [5.41, 5.74) is 2.52. The molecule has 0 bridgehead atoms. The minimum atomic E-state index is -3.72. The topological polar surface area (TPSA) is 67.9 Å². The van der Waals surface area contributed by atoms with Gasteiger partial charge in [0, 0.05) is 25.3 Å². The fraction of sp³-hybridized carbons (Fsp3) is 0.368. The van der Waals surface area contributed by atoms with Crippen LogP contribution in [0.5, 0.6) is 5.75 Å². The summed E-state index contributed by atoms with van der Waals surface area (Å²) in [7, 11) is -2.26. The lowest BCUT2D eigenvalue weighted by Gasteiger charge is -2.26. The van der Waals surface area contributed by atoms with E-state index in [9.17, 15) is 8.42 Å². The first kappa shape index (κ1) is 18.7. The van der Waals surface area contributed by atoms with E-state index in [2.05, 4.69) is 9.62 Å². The van der Waals surface area contributed by atoms with Crippen LogP contribution in [0.1, 0.15) is 11.1 Å². The summed E-state index contributed by atoms with van der Waals surface area (Å²) in [5, 5.41) is 0. The molecule has 0 amide bonds. The number of nitrogens with zero attached hydrogens (tertiary/aromatic N) is 1. The molecule has 0 unspecified atom stereocenters. The highest BCUT2D eigenvalue weighted by molar-refractivity contribution is 7.92. The van der Waals surface area contributed by atoms with Gasteiger partial charge in [0.2, 0.25) is 0 Å². The van der Waals surface area contributed by atoms with E-state index in [4.69, 9.17) is 9.47 Å². The van der Waals surface area contributed by atoms with Crippen molar-refractivity contribution in [1.29, 1.82) is 0 Å². The van der Waals surface area contributed by atoms with E-state index in [1.807, 2.05) is 25.1 Å². The van der Waals surface area contributed by atoms with Gasteiger partial charge in [-0.3, -0.25) is 9.62 Å². The second-order valence-electron chi connectivity index (χ2n) is 6.35. The molecule has 0 spiro atoms. The molecule has 0 atom stereocenters. The van der Waals surface area contributed by atoms with E-state index < -0.39 is 10.0 Å². The van der Waals surface area contributed by atoms with Crippen LogP contribution >= 0.6 is 0 Å². The van der Waals surface area contributed by atoms with Gasteiger partial charge in [0.25, 0.3) is 10.0 Å². The zero-order valence-corrected chi connectivity index (χ0v) is 15.9. The number of methoxy groups -OCH3 is 1. The molecule has 2 aromatic carbocycles. The van der Waals surface area contributed by atoms with E-state index in [1.54, 1.807) is 24.3 Å². The first-order valence-electron chi connectivity index (χ1n) is 8.54. The molecule has 1 heterocycles. The normalized spacial score (nSPS) is 15.6. The van der Waals surface area contributed by atoms with Gasteiger partial charge in [-0.2, -0.15) is 0 Å². The number of anilines is 1. The number of nitrogens with one attached hydrogen (secondary N) is 1. The van der Waals surface area contributed by atoms with Crippen molar-refractivity contribution in [1.82, 2.24) is 4.90 Å². The smallest absolute Gasteiger partial charge is 0.265 e. The number of ether oxygens (including phenoxy) is 2. The van der Waals surface area contributed by atoms with Crippen LogP contribution in [-0.4, -0.2) is 46.7 Å². The van der Waals surface area contributed by atoms with Crippen molar-refractivity contribution in [3.63, 3.8) is 0 Å². The van der Waals surface area contributed by atoms with Gasteiger partial charge < -0.3 is 9.47 Å². The fourth-order valence-electron chi connectivity index (χ4n) is 2.90. The predicted octanol–water partition coefficient (Wildman–Crippen LogP) is 2.64. The van der Waals surface area contributed by atoms with Crippen molar-refractivity contribution in [2.75, 3.05) is 38.1 Å². The Hall–Kier alpha value is -2.09. The molecule has 2 aromatic rings. The van der Waals surface area contributed by atoms with Crippen LogP contribution in [0.2, 0.25) is 0 Å². The standard InChI is InChI=1S/C19H24N2O4S/c1-15-3-8-18(24-2)19(13-15)26(22,23)20-17-6-4-16(5-7-17)14-21-9-11-25-12-10-21/h3-8,13,20H,9-12,14H2,1-2H3. The van der Waals surface area contributed by atoms with Crippen LogP contribution in [0.4, 0.5) is 5.69 Å². The number of hydrogen-bond acceptors (Lipinski definition) is 5. The third-order valence-electron chi connectivity index (χ3n) is 4.32. The Morgan fingerprint density at radius 3 is 2.46 bits per heavy atom. The summed E-state index contributed by atoms with van der Waals surface area (Å²) >= 11 is 0. The van der Waals surface area contributed by atoms with Crippen LogP contribution in [0, 0.1) is 6.92 Å². The maximum absolute atomic E-state index is 12.7. The third kappa shape index (κ3) is 4.55. The van der Waals surface area contributed by atoms with Crippen molar-refractivity contribution >= 4 is 15.7 Å². The van der Waals surface area contributed by atoms with Crippen molar-refractivity contribution < 1.29 is 17.9 Å². The highest BCUT2D eigenvalue weighted by Crippen LogP contribution is 2.27. The molecular weight excluding hydrogens is 352 g/mol. The number of morpholine rings is 1. The fourth-order valence-corrected chi connectivity index (χ4v) is 4.21. The number of rotatable bonds is 6. The van der Waals surface area contributed by atoms with Crippen LogP contribution in [0.15, 0.2) is 47.4 Å². The van der Waals surface area contributed by atoms with Crippen LogP contribution in [-0.2, 0) is 21.3 Å². The Bertz CT molecular complexity index is 844. The molecule has 1 fully saturated rings. The number of aryl methyl sites for hydroxylation is 1. The van der Waals surface area contributed by atoms with Crippen molar-refractivity contribution in [2.45, 2.75) is 18.4 Å².